The first-order valence-corrected chi connectivity index (χ1v) is 6.68. The summed E-state index contributed by atoms with van der Waals surface area (Å²) in [5, 5.41) is 7.08. The van der Waals surface area contributed by atoms with Crippen LogP contribution in [0.25, 0.3) is 0 Å². The van der Waals surface area contributed by atoms with E-state index in [0.29, 0.717) is 11.0 Å². The van der Waals surface area contributed by atoms with Crippen molar-refractivity contribution >= 4 is 0 Å². The third-order valence-electron chi connectivity index (χ3n) is 4.19. The van der Waals surface area contributed by atoms with Crippen LogP contribution in [-0.2, 0) is 0 Å². The van der Waals surface area contributed by atoms with Crippen molar-refractivity contribution in [2.24, 2.45) is 5.41 Å². The maximum absolute atomic E-state index is 3.66. The third kappa shape index (κ3) is 3.19. The molecule has 2 aliphatic rings. The highest BCUT2D eigenvalue weighted by Crippen LogP contribution is 2.44. The van der Waals surface area contributed by atoms with Crippen molar-refractivity contribution in [1.82, 2.24) is 15.5 Å². The summed E-state index contributed by atoms with van der Waals surface area (Å²) in [5.41, 5.74) is 0.923. The molecule has 3 nitrogen and oxygen atoms in total. The Labute approximate surface area is 100.0 Å². The summed E-state index contributed by atoms with van der Waals surface area (Å²) in [4.78, 5) is 2.60. The highest BCUT2D eigenvalue weighted by atomic mass is 15.2. The van der Waals surface area contributed by atoms with Gasteiger partial charge >= 0.3 is 0 Å². The van der Waals surface area contributed by atoms with E-state index in [4.69, 9.17) is 0 Å². The van der Waals surface area contributed by atoms with Gasteiger partial charge in [-0.05, 0) is 32.1 Å². The first-order chi connectivity index (χ1) is 7.52. The fourth-order valence-corrected chi connectivity index (χ4v) is 2.44. The lowest BCUT2D eigenvalue weighted by Crippen LogP contribution is -2.57. The van der Waals surface area contributed by atoms with E-state index < -0.39 is 0 Å². The van der Waals surface area contributed by atoms with Crippen LogP contribution in [0.3, 0.4) is 0 Å². The topological polar surface area (TPSA) is 27.3 Å². The number of nitrogens with zero attached hydrogens (tertiary/aromatic N) is 1. The molecule has 2 rings (SSSR count). The molecular weight excluding hydrogens is 198 g/mol. The largest absolute Gasteiger partial charge is 0.314 e. The van der Waals surface area contributed by atoms with Crippen LogP contribution in [0.2, 0.25) is 0 Å². The van der Waals surface area contributed by atoms with E-state index in [9.17, 15) is 0 Å². The summed E-state index contributed by atoms with van der Waals surface area (Å²) in [6.45, 7) is 14.1. The van der Waals surface area contributed by atoms with Crippen molar-refractivity contribution in [3.8, 4) is 0 Å². The van der Waals surface area contributed by atoms with Crippen molar-refractivity contribution < 1.29 is 0 Å². The van der Waals surface area contributed by atoms with Crippen molar-refractivity contribution in [1.29, 1.82) is 0 Å². The molecule has 0 aromatic rings. The minimum atomic E-state index is 0.299. The zero-order valence-corrected chi connectivity index (χ0v) is 11.1. The standard InChI is InChI=1S/C13H27N3/c1-12(2,16-8-6-14-7-9-16)10-15-11-13(3)4-5-13/h14-15H,4-11H2,1-3H3. The Balaban J connectivity index is 1.72. The molecule has 0 amide bonds. The Morgan fingerprint density at radius 2 is 1.88 bits per heavy atom. The highest BCUT2D eigenvalue weighted by molar-refractivity contribution is 4.92. The molecule has 0 aromatic heterocycles. The summed E-state index contributed by atoms with van der Waals surface area (Å²) in [6, 6.07) is 0. The van der Waals surface area contributed by atoms with Gasteiger partial charge in [0.05, 0.1) is 0 Å². The number of hydrogen-bond acceptors (Lipinski definition) is 3. The number of rotatable bonds is 5. The SMILES string of the molecule is CC1(CNCC(C)(C)N2CCNCC2)CC1. The molecule has 1 saturated heterocycles. The summed E-state index contributed by atoms with van der Waals surface area (Å²) < 4.78 is 0. The molecule has 0 bridgehead atoms. The fourth-order valence-electron chi connectivity index (χ4n) is 2.44. The molecule has 0 aromatic carbocycles. The quantitative estimate of drug-likeness (QED) is 0.732. The predicted molar refractivity (Wildman–Crippen MR) is 68.7 cm³/mol. The molecule has 1 heterocycles. The van der Waals surface area contributed by atoms with Crippen LogP contribution in [0.5, 0.6) is 0 Å². The second-order valence-electron chi connectivity index (χ2n) is 6.46. The van der Waals surface area contributed by atoms with E-state index in [-0.39, 0.29) is 0 Å². The van der Waals surface area contributed by atoms with E-state index in [2.05, 4.69) is 36.3 Å². The zero-order chi connectivity index (χ0) is 11.6. The van der Waals surface area contributed by atoms with E-state index in [1.54, 1.807) is 0 Å². The minimum absolute atomic E-state index is 0.299. The Bertz CT molecular complexity index is 227. The van der Waals surface area contributed by atoms with Gasteiger partial charge in [-0.1, -0.05) is 6.92 Å². The van der Waals surface area contributed by atoms with Gasteiger partial charge < -0.3 is 10.6 Å². The number of piperazine rings is 1. The summed E-state index contributed by atoms with van der Waals surface area (Å²) in [5.74, 6) is 0. The second kappa shape index (κ2) is 4.63. The van der Waals surface area contributed by atoms with Gasteiger partial charge in [-0.3, -0.25) is 4.90 Å². The lowest BCUT2D eigenvalue weighted by molar-refractivity contribution is 0.101. The van der Waals surface area contributed by atoms with Crippen LogP contribution >= 0.6 is 0 Å². The molecule has 0 radical (unpaired) electrons. The Morgan fingerprint density at radius 1 is 1.25 bits per heavy atom. The molecule has 16 heavy (non-hydrogen) atoms. The molecule has 0 atom stereocenters. The monoisotopic (exact) mass is 225 g/mol. The third-order valence-corrected chi connectivity index (χ3v) is 4.19. The van der Waals surface area contributed by atoms with E-state index in [1.807, 2.05) is 0 Å². The highest BCUT2D eigenvalue weighted by Gasteiger charge is 2.37. The fraction of sp³-hybridized carbons (Fsp3) is 1.00. The number of hydrogen-bond donors (Lipinski definition) is 2. The molecule has 2 N–H and O–H groups in total. The van der Waals surface area contributed by atoms with E-state index >= 15 is 0 Å². The molecule has 94 valence electrons. The van der Waals surface area contributed by atoms with Gasteiger partial charge in [0.15, 0.2) is 0 Å². The van der Waals surface area contributed by atoms with Gasteiger partial charge in [0.25, 0.3) is 0 Å². The normalized spacial score (nSPS) is 25.7. The summed E-state index contributed by atoms with van der Waals surface area (Å²) in [7, 11) is 0. The first kappa shape index (κ1) is 12.3. The average Bonchev–Trinajstić information content (AvgIpc) is 2.98. The molecule has 1 aliphatic carbocycles. The first-order valence-electron chi connectivity index (χ1n) is 6.68. The molecule has 1 aliphatic heterocycles. The molecule has 3 heteroatoms. The van der Waals surface area contributed by atoms with Crippen LogP contribution in [0.4, 0.5) is 0 Å². The predicted octanol–water partition coefficient (Wildman–Crippen LogP) is 1.06. The van der Waals surface area contributed by atoms with Crippen molar-refractivity contribution in [2.45, 2.75) is 39.2 Å². The number of nitrogens with one attached hydrogen (secondary N) is 2. The zero-order valence-electron chi connectivity index (χ0n) is 11.1. The Morgan fingerprint density at radius 3 is 2.44 bits per heavy atom. The Hall–Kier alpha value is -0.120. The van der Waals surface area contributed by atoms with Gasteiger partial charge in [-0.2, -0.15) is 0 Å². The van der Waals surface area contributed by atoms with Crippen molar-refractivity contribution in [3.05, 3.63) is 0 Å². The summed E-state index contributed by atoms with van der Waals surface area (Å²) >= 11 is 0. The molecule has 2 fully saturated rings. The van der Waals surface area contributed by atoms with Crippen LogP contribution in [0.1, 0.15) is 33.6 Å². The van der Waals surface area contributed by atoms with Crippen LogP contribution in [0.15, 0.2) is 0 Å². The Kier molecular flexibility index (Phi) is 3.57. The lowest BCUT2D eigenvalue weighted by atomic mass is 10.0. The van der Waals surface area contributed by atoms with Crippen molar-refractivity contribution in [2.75, 3.05) is 39.3 Å². The van der Waals surface area contributed by atoms with E-state index in [0.717, 1.165) is 19.6 Å². The smallest absolute Gasteiger partial charge is 0.0278 e. The van der Waals surface area contributed by atoms with Crippen LogP contribution < -0.4 is 10.6 Å². The van der Waals surface area contributed by atoms with Gasteiger partial charge in [0, 0.05) is 44.8 Å². The molecule has 0 spiro atoms. The second-order valence-corrected chi connectivity index (χ2v) is 6.46. The van der Waals surface area contributed by atoms with Gasteiger partial charge in [-0.25, -0.2) is 0 Å². The molecule has 0 unspecified atom stereocenters. The summed E-state index contributed by atoms with van der Waals surface area (Å²) in [6.07, 6.45) is 2.82. The van der Waals surface area contributed by atoms with Gasteiger partial charge in [0.2, 0.25) is 0 Å². The van der Waals surface area contributed by atoms with Crippen molar-refractivity contribution in [3.63, 3.8) is 0 Å². The maximum Gasteiger partial charge on any atom is 0.0278 e. The van der Waals surface area contributed by atoms with Gasteiger partial charge in [-0.15, -0.1) is 0 Å². The van der Waals surface area contributed by atoms with E-state index in [1.165, 1.54) is 32.5 Å². The van der Waals surface area contributed by atoms with Crippen LogP contribution in [0, 0.1) is 5.41 Å². The van der Waals surface area contributed by atoms with Gasteiger partial charge in [0.1, 0.15) is 0 Å². The average molecular weight is 225 g/mol. The van der Waals surface area contributed by atoms with Crippen LogP contribution in [-0.4, -0.2) is 49.7 Å². The molecular formula is C13H27N3. The molecule has 1 saturated carbocycles. The lowest BCUT2D eigenvalue weighted by Gasteiger charge is -2.41. The maximum atomic E-state index is 3.66. The minimum Gasteiger partial charge on any atom is -0.314 e.